The van der Waals surface area contributed by atoms with Crippen LogP contribution < -0.4 is 5.73 Å². The molecule has 1 aliphatic heterocycles. The van der Waals surface area contributed by atoms with Crippen molar-refractivity contribution in [3.8, 4) is 0 Å². The van der Waals surface area contributed by atoms with Gasteiger partial charge in [0.05, 0.1) is 0 Å². The van der Waals surface area contributed by atoms with Gasteiger partial charge in [-0.15, -0.1) is 0 Å². The van der Waals surface area contributed by atoms with E-state index >= 15 is 0 Å². The first-order chi connectivity index (χ1) is 9.83. The van der Waals surface area contributed by atoms with Crippen LogP contribution in [-0.2, 0) is 11.2 Å². The van der Waals surface area contributed by atoms with E-state index in [9.17, 15) is 4.79 Å². The SMILES string of the molecule is CC(C)(C)OC(=O)N1CCC[C@@H](Cc2ccc(N)cc2)C1. The molecule has 0 unspecified atom stereocenters. The van der Waals surface area contributed by atoms with Crippen LogP contribution in [0, 0.1) is 5.92 Å². The zero-order valence-corrected chi connectivity index (χ0v) is 13.3. The van der Waals surface area contributed by atoms with Crippen molar-refractivity contribution in [2.45, 2.75) is 45.6 Å². The maximum absolute atomic E-state index is 12.1. The Morgan fingerprint density at radius 3 is 2.62 bits per heavy atom. The summed E-state index contributed by atoms with van der Waals surface area (Å²) >= 11 is 0. The number of ether oxygens (including phenoxy) is 1. The summed E-state index contributed by atoms with van der Waals surface area (Å²) in [6.45, 7) is 7.29. The third-order valence-electron chi connectivity index (χ3n) is 3.67. The van der Waals surface area contributed by atoms with Gasteiger partial charge in [0.25, 0.3) is 0 Å². The number of likely N-dealkylation sites (tertiary alicyclic amines) is 1. The second-order valence-corrected chi connectivity index (χ2v) is 6.88. The van der Waals surface area contributed by atoms with Crippen molar-refractivity contribution in [3.05, 3.63) is 29.8 Å². The third kappa shape index (κ3) is 4.96. The second kappa shape index (κ2) is 6.37. The number of nitrogens with zero attached hydrogens (tertiary/aromatic N) is 1. The Bertz CT molecular complexity index is 477. The lowest BCUT2D eigenvalue weighted by molar-refractivity contribution is 0.0166. The van der Waals surface area contributed by atoms with E-state index in [1.165, 1.54) is 5.56 Å². The largest absolute Gasteiger partial charge is 0.444 e. The highest BCUT2D eigenvalue weighted by Gasteiger charge is 2.27. The molecular weight excluding hydrogens is 264 g/mol. The highest BCUT2D eigenvalue weighted by molar-refractivity contribution is 5.68. The summed E-state index contributed by atoms with van der Waals surface area (Å²) < 4.78 is 5.46. The molecule has 1 amide bonds. The standard InChI is InChI=1S/C17H26N2O2/c1-17(2,3)21-16(20)19-10-4-5-14(12-19)11-13-6-8-15(18)9-7-13/h6-9,14H,4-5,10-12,18H2,1-3H3/t14-/m0/s1. The van der Waals surface area contributed by atoms with E-state index in [0.717, 1.165) is 38.0 Å². The zero-order valence-electron chi connectivity index (χ0n) is 13.3. The number of nitrogen functional groups attached to an aromatic ring is 1. The molecule has 0 bridgehead atoms. The first-order valence-corrected chi connectivity index (χ1v) is 7.66. The molecule has 1 aromatic rings. The Hall–Kier alpha value is -1.71. The minimum Gasteiger partial charge on any atom is -0.444 e. The maximum Gasteiger partial charge on any atom is 0.410 e. The molecule has 1 heterocycles. The van der Waals surface area contributed by atoms with E-state index in [-0.39, 0.29) is 6.09 Å². The Labute approximate surface area is 127 Å². The van der Waals surface area contributed by atoms with Crippen molar-refractivity contribution in [2.75, 3.05) is 18.8 Å². The van der Waals surface area contributed by atoms with Crippen LogP contribution in [0.5, 0.6) is 0 Å². The number of anilines is 1. The second-order valence-electron chi connectivity index (χ2n) is 6.88. The lowest BCUT2D eigenvalue weighted by atomic mass is 9.91. The van der Waals surface area contributed by atoms with Gasteiger partial charge in [-0.25, -0.2) is 4.79 Å². The van der Waals surface area contributed by atoms with Gasteiger partial charge in [-0.3, -0.25) is 0 Å². The molecule has 0 aromatic heterocycles. The molecule has 1 aromatic carbocycles. The number of hydrogen-bond acceptors (Lipinski definition) is 3. The van der Waals surface area contributed by atoms with Crippen molar-refractivity contribution >= 4 is 11.8 Å². The summed E-state index contributed by atoms with van der Waals surface area (Å²) in [5.41, 5.74) is 7.35. The number of rotatable bonds is 2. The molecule has 1 fully saturated rings. The smallest absolute Gasteiger partial charge is 0.410 e. The first-order valence-electron chi connectivity index (χ1n) is 7.66. The van der Waals surface area contributed by atoms with Gasteiger partial charge in [0, 0.05) is 18.8 Å². The maximum atomic E-state index is 12.1. The Balaban J connectivity index is 1.91. The molecular formula is C17H26N2O2. The Morgan fingerprint density at radius 2 is 2.00 bits per heavy atom. The van der Waals surface area contributed by atoms with Crippen LogP contribution >= 0.6 is 0 Å². The Kier molecular flexibility index (Phi) is 4.76. The van der Waals surface area contributed by atoms with Crippen molar-refractivity contribution in [1.82, 2.24) is 4.90 Å². The fourth-order valence-corrected chi connectivity index (χ4v) is 2.71. The van der Waals surface area contributed by atoms with E-state index in [1.54, 1.807) is 0 Å². The van der Waals surface area contributed by atoms with Gasteiger partial charge in [0.1, 0.15) is 5.60 Å². The van der Waals surface area contributed by atoms with E-state index in [1.807, 2.05) is 37.8 Å². The summed E-state index contributed by atoms with van der Waals surface area (Å²) in [6.07, 6.45) is 2.99. The van der Waals surface area contributed by atoms with E-state index < -0.39 is 5.60 Å². The minimum absolute atomic E-state index is 0.190. The first kappa shape index (κ1) is 15.7. The summed E-state index contributed by atoms with van der Waals surface area (Å²) in [5, 5.41) is 0. The van der Waals surface area contributed by atoms with Crippen molar-refractivity contribution in [3.63, 3.8) is 0 Å². The Morgan fingerprint density at radius 1 is 1.33 bits per heavy atom. The molecule has 2 rings (SSSR count). The minimum atomic E-state index is -0.430. The molecule has 1 aliphatic rings. The third-order valence-corrected chi connectivity index (χ3v) is 3.67. The summed E-state index contributed by atoms with van der Waals surface area (Å²) in [6, 6.07) is 8.01. The molecule has 0 aliphatic carbocycles. The van der Waals surface area contributed by atoms with Gasteiger partial charge in [0.2, 0.25) is 0 Å². The average molecular weight is 290 g/mol. The van der Waals surface area contributed by atoms with Gasteiger partial charge in [-0.1, -0.05) is 12.1 Å². The molecule has 1 saturated heterocycles. The number of piperidine rings is 1. The lowest BCUT2D eigenvalue weighted by Gasteiger charge is -2.34. The van der Waals surface area contributed by atoms with Crippen molar-refractivity contribution in [1.29, 1.82) is 0 Å². The van der Waals surface area contributed by atoms with Crippen LogP contribution in [0.4, 0.5) is 10.5 Å². The fourth-order valence-electron chi connectivity index (χ4n) is 2.71. The number of amides is 1. The predicted molar refractivity (Wildman–Crippen MR) is 85.1 cm³/mol. The number of hydrogen-bond donors (Lipinski definition) is 1. The molecule has 0 saturated carbocycles. The molecule has 0 spiro atoms. The van der Waals surface area contributed by atoms with Gasteiger partial charge in [0.15, 0.2) is 0 Å². The van der Waals surface area contributed by atoms with E-state index in [4.69, 9.17) is 10.5 Å². The number of carbonyl (C=O) groups is 1. The summed E-state index contributed by atoms with van der Waals surface area (Å²) in [5.74, 6) is 0.495. The van der Waals surface area contributed by atoms with E-state index in [2.05, 4.69) is 12.1 Å². The monoisotopic (exact) mass is 290 g/mol. The summed E-state index contributed by atoms with van der Waals surface area (Å²) in [7, 11) is 0. The molecule has 4 nitrogen and oxygen atoms in total. The zero-order chi connectivity index (χ0) is 15.5. The molecule has 2 N–H and O–H groups in total. The predicted octanol–water partition coefficient (Wildman–Crippen LogP) is 3.46. The fraction of sp³-hybridized carbons (Fsp3) is 0.588. The van der Waals surface area contributed by atoms with Gasteiger partial charge < -0.3 is 15.4 Å². The highest BCUT2D eigenvalue weighted by atomic mass is 16.6. The van der Waals surface area contributed by atoms with Gasteiger partial charge in [-0.2, -0.15) is 0 Å². The van der Waals surface area contributed by atoms with Crippen LogP contribution in [-0.4, -0.2) is 29.7 Å². The van der Waals surface area contributed by atoms with Gasteiger partial charge in [-0.05, 0) is 63.6 Å². The van der Waals surface area contributed by atoms with Crippen LogP contribution in [0.15, 0.2) is 24.3 Å². The quantitative estimate of drug-likeness (QED) is 0.849. The van der Waals surface area contributed by atoms with Crippen LogP contribution in [0.2, 0.25) is 0 Å². The van der Waals surface area contributed by atoms with Crippen LogP contribution in [0.3, 0.4) is 0 Å². The highest BCUT2D eigenvalue weighted by Crippen LogP contribution is 2.23. The number of benzene rings is 1. The van der Waals surface area contributed by atoms with Gasteiger partial charge >= 0.3 is 6.09 Å². The average Bonchev–Trinajstić information content (AvgIpc) is 2.40. The van der Waals surface area contributed by atoms with E-state index in [0.29, 0.717) is 5.92 Å². The number of carbonyl (C=O) groups excluding carboxylic acids is 1. The van der Waals surface area contributed by atoms with Crippen molar-refractivity contribution < 1.29 is 9.53 Å². The molecule has 1 atom stereocenters. The van der Waals surface area contributed by atoms with Crippen LogP contribution in [0.25, 0.3) is 0 Å². The molecule has 0 radical (unpaired) electrons. The normalized spacial score (nSPS) is 19.4. The molecule has 4 heteroatoms. The topological polar surface area (TPSA) is 55.6 Å². The van der Waals surface area contributed by atoms with Crippen LogP contribution in [0.1, 0.15) is 39.2 Å². The molecule has 21 heavy (non-hydrogen) atoms. The summed E-state index contributed by atoms with van der Waals surface area (Å²) in [4.78, 5) is 14.0. The van der Waals surface area contributed by atoms with Crippen molar-refractivity contribution in [2.24, 2.45) is 5.92 Å². The lowest BCUT2D eigenvalue weighted by Crippen LogP contribution is -2.43. The number of nitrogens with two attached hydrogens (primary N) is 1. The molecule has 116 valence electrons.